The average Bonchev–Trinajstić information content (AvgIpc) is 3.32. The normalized spacial score (nSPS) is 22.1. The van der Waals surface area contributed by atoms with Crippen LogP contribution in [0.4, 0.5) is 0 Å². The topological polar surface area (TPSA) is 52.6 Å². The molecule has 5 heteroatoms. The van der Waals surface area contributed by atoms with Crippen molar-refractivity contribution in [2.45, 2.75) is 41.6 Å². The van der Waals surface area contributed by atoms with Crippen LogP contribution in [0.1, 0.15) is 63.8 Å². The van der Waals surface area contributed by atoms with Crippen LogP contribution < -0.4 is 0 Å². The second kappa shape index (κ2) is 7.37. The van der Waals surface area contributed by atoms with Gasteiger partial charge in [-0.2, -0.15) is 0 Å². The Hall–Kier alpha value is -2.43. The van der Waals surface area contributed by atoms with Gasteiger partial charge in [0.1, 0.15) is 0 Å². The summed E-state index contributed by atoms with van der Waals surface area (Å²) in [5, 5.41) is 0. The molecule has 0 aromatic heterocycles. The number of rotatable bonds is 4. The maximum absolute atomic E-state index is 12.8. The van der Waals surface area contributed by atoms with Crippen LogP contribution in [0.15, 0.2) is 59.7 Å². The van der Waals surface area contributed by atoms with Gasteiger partial charge in [-0.15, -0.1) is 0 Å². The third kappa shape index (κ3) is 2.85. The molecular weight excluding hydrogens is 412 g/mol. The minimum absolute atomic E-state index is 0.125. The van der Waals surface area contributed by atoms with E-state index in [0.29, 0.717) is 0 Å². The number of carbonyl (C=O) groups is 2. The summed E-state index contributed by atoms with van der Waals surface area (Å²) in [5.74, 6) is -0.568. The summed E-state index contributed by atoms with van der Waals surface area (Å²) in [4.78, 5) is 25.5. The molecule has 0 radical (unpaired) electrons. The SMILES string of the molecule is CCC(=O)[O][Ti]1([O]C(=O)CC)[CH]2C(=Cc3ccccc32)CC2=Cc3ccccc3[CH]21. The quantitative estimate of drug-likeness (QED) is 0.590. The van der Waals surface area contributed by atoms with E-state index in [2.05, 4.69) is 36.4 Å². The molecule has 0 N–H and O–H groups in total. The summed E-state index contributed by atoms with van der Waals surface area (Å²) in [5.41, 5.74) is 6.95. The zero-order valence-corrected chi connectivity index (χ0v) is 18.7. The second-order valence-electron chi connectivity index (χ2n) is 8.12. The van der Waals surface area contributed by atoms with Gasteiger partial charge in [0.2, 0.25) is 0 Å². The first-order chi connectivity index (χ1) is 14.6. The van der Waals surface area contributed by atoms with Crippen LogP contribution in [-0.4, -0.2) is 11.9 Å². The third-order valence-electron chi connectivity index (χ3n) is 6.37. The van der Waals surface area contributed by atoms with Crippen molar-refractivity contribution in [1.82, 2.24) is 0 Å². The van der Waals surface area contributed by atoms with Crippen molar-refractivity contribution in [3.8, 4) is 0 Å². The van der Waals surface area contributed by atoms with E-state index in [0.717, 1.165) is 28.7 Å². The van der Waals surface area contributed by atoms with Crippen LogP contribution in [-0.2, 0) is 33.6 Å². The fraction of sp³-hybridized carbons (Fsp3) is 0.280. The zero-order valence-electron chi connectivity index (χ0n) is 17.2. The van der Waals surface area contributed by atoms with Gasteiger partial charge in [0.15, 0.2) is 0 Å². The summed E-state index contributed by atoms with van der Waals surface area (Å²) >= 11 is -4.16. The van der Waals surface area contributed by atoms with Crippen LogP contribution in [0.3, 0.4) is 0 Å². The van der Waals surface area contributed by atoms with E-state index in [-0.39, 0.29) is 33.2 Å². The molecule has 0 bridgehead atoms. The second-order valence-corrected chi connectivity index (χ2v) is 12.8. The van der Waals surface area contributed by atoms with E-state index in [4.69, 9.17) is 6.64 Å². The average molecular weight is 436 g/mol. The third-order valence-corrected chi connectivity index (χ3v) is 12.7. The van der Waals surface area contributed by atoms with Gasteiger partial charge >= 0.3 is 181 Å². The van der Waals surface area contributed by atoms with Crippen molar-refractivity contribution < 1.29 is 33.6 Å². The number of fused-ring (bicyclic) bond motifs is 6. The standard InChI is InChI=1S/C19H14.2C3H6O2.Ti/c1-2-6-17-11-14(10-16(17)5-1)9-15-12-18-7-3-4-8-19(18)13-15;2*1-2-3(4)5;/h1-8,10-13H,9H2;2*2H2,1H3,(H,4,5);/q;;;+2/p-2. The fourth-order valence-corrected chi connectivity index (χ4v) is 12.4. The molecule has 1 fully saturated rings. The molecule has 2 aromatic rings. The molecule has 2 aromatic carbocycles. The number of hydrogen-bond donors (Lipinski definition) is 0. The molecule has 4 nitrogen and oxygen atoms in total. The predicted molar refractivity (Wildman–Crippen MR) is 112 cm³/mol. The maximum atomic E-state index is 12.8. The molecule has 30 heavy (non-hydrogen) atoms. The summed E-state index contributed by atoms with van der Waals surface area (Å²) in [7, 11) is 0. The molecule has 1 heterocycles. The number of hydrogen-bond acceptors (Lipinski definition) is 4. The molecule has 1 saturated heterocycles. The Morgan fingerprint density at radius 1 is 0.800 bits per heavy atom. The number of carbonyl (C=O) groups excluding carboxylic acids is 2. The number of benzene rings is 2. The number of allylic oxidation sites excluding steroid dienone is 2. The van der Waals surface area contributed by atoms with Gasteiger partial charge in [0.25, 0.3) is 0 Å². The Labute approximate surface area is 180 Å². The van der Waals surface area contributed by atoms with Crippen molar-refractivity contribution in [1.29, 1.82) is 0 Å². The summed E-state index contributed by atoms with van der Waals surface area (Å²) in [6.07, 6.45) is 5.76. The summed E-state index contributed by atoms with van der Waals surface area (Å²) in [6, 6.07) is 16.4. The van der Waals surface area contributed by atoms with E-state index < -0.39 is 17.4 Å². The van der Waals surface area contributed by atoms with Gasteiger partial charge in [-0.1, -0.05) is 0 Å². The van der Waals surface area contributed by atoms with Crippen LogP contribution in [0.5, 0.6) is 0 Å². The first kappa shape index (κ1) is 19.5. The van der Waals surface area contributed by atoms with Gasteiger partial charge in [0, 0.05) is 0 Å². The Morgan fingerprint density at radius 3 is 1.67 bits per heavy atom. The van der Waals surface area contributed by atoms with Crippen molar-refractivity contribution in [3.05, 3.63) is 81.9 Å². The van der Waals surface area contributed by atoms with Gasteiger partial charge < -0.3 is 0 Å². The van der Waals surface area contributed by atoms with E-state index >= 15 is 0 Å². The molecule has 152 valence electrons. The van der Waals surface area contributed by atoms with Crippen LogP contribution in [0.2, 0.25) is 0 Å². The Balaban J connectivity index is 1.77. The molecule has 0 spiro atoms. The molecule has 0 saturated carbocycles. The molecule has 5 rings (SSSR count). The summed E-state index contributed by atoms with van der Waals surface area (Å²) < 4.78 is 12.5. The molecule has 0 amide bonds. The van der Waals surface area contributed by atoms with E-state index in [1.54, 1.807) is 13.8 Å². The van der Waals surface area contributed by atoms with E-state index in [1.165, 1.54) is 11.1 Å². The fourth-order valence-electron chi connectivity index (χ4n) is 5.19. The Kier molecular flexibility index (Phi) is 4.80. The molecule has 2 atom stereocenters. The zero-order chi connectivity index (χ0) is 20.9. The van der Waals surface area contributed by atoms with Gasteiger partial charge in [-0.05, 0) is 0 Å². The molecule has 1 aliphatic heterocycles. The minimum atomic E-state index is -4.16. The molecule has 3 aliphatic rings. The van der Waals surface area contributed by atoms with Crippen molar-refractivity contribution in [3.63, 3.8) is 0 Å². The van der Waals surface area contributed by atoms with Gasteiger partial charge in [-0.25, -0.2) is 0 Å². The van der Waals surface area contributed by atoms with E-state index in [9.17, 15) is 9.59 Å². The van der Waals surface area contributed by atoms with Crippen molar-refractivity contribution in [2.24, 2.45) is 0 Å². The Bertz CT molecular complexity index is 1030. The monoisotopic (exact) mass is 436 g/mol. The van der Waals surface area contributed by atoms with E-state index in [1.807, 2.05) is 24.3 Å². The van der Waals surface area contributed by atoms with Crippen molar-refractivity contribution in [2.75, 3.05) is 0 Å². The van der Waals surface area contributed by atoms with Crippen molar-refractivity contribution >= 4 is 24.1 Å². The van der Waals surface area contributed by atoms with Crippen LogP contribution >= 0.6 is 0 Å². The molecule has 2 aliphatic carbocycles. The van der Waals surface area contributed by atoms with Gasteiger partial charge in [0.05, 0.1) is 0 Å². The van der Waals surface area contributed by atoms with Crippen LogP contribution in [0, 0.1) is 0 Å². The Morgan fingerprint density at radius 2 is 1.23 bits per heavy atom. The predicted octanol–water partition coefficient (Wildman–Crippen LogP) is 5.56. The first-order valence-electron chi connectivity index (χ1n) is 10.6. The van der Waals surface area contributed by atoms with Crippen LogP contribution in [0.25, 0.3) is 12.2 Å². The summed E-state index contributed by atoms with van der Waals surface area (Å²) in [6.45, 7) is 3.59. The first-order valence-corrected chi connectivity index (χ1v) is 13.7. The molecule has 2 unspecified atom stereocenters. The van der Waals surface area contributed by atoms with Gasteiger partial charge in [-0.3, -0.25) is 0 Å². The molecular formula is C25H24O4Ti.